The van der Waals surface area contributed by atoms with Gasteiger partial charge in [-0.2, -0.15) is 0 Å². The number of hydrogen-bond donors (Lipinski definition) is 1. The number of amides is 1. The van der Waals surface area contributed by atoms with E-state index in [0.29, 0.717) is 12.5 Å². The molecule has 0 spiro atoms. The van der Waals surface area contributed by atoms with Gasteiger partial charge in [0.05, 0.1) is 17.2 Å². The van der Waals surface area contributed by atoms with Crippen LogP contribution in [0.4, 0.5) is 0 Å². The Morgan fingerprint density at radius 1 is 1.75 bits per heavy atom. The highest BCUT2D eigenvalue weighted by Gasteiger charge is 2.04. The summed E-state index contributed by atoms with van der Waals surface area (Å²) in [7, 11) is 0. The van der Waals surface area contributed by atoms with E-state index in [9.17, 15) is 4.79 Å². The Hall–Kier alpha value is -0.900. The van der Waals surface area contributed by atoms with Crippen molar-refractivity contribution in [3.05, 3.63) is 16.1 Å². The van der Waals surface area contributed by atoms with E-state index in [1.54, 1.807) is 17.7 Å². The first-order valence-electron chi connectivity index (χ1n) is 3.78. The van der Waals surface area contributed by atoms with Crippen molar-refractivity contribution in [3.63, 3.8) is 0 Å². The average molecular weight is 183 g/mol. The summed E-state index contributed by atoms with van der Waals surface area (Å²) in [4.78, 5) is 14.2. The molecule has 0 unspecified atom stereocenters. The minimum atomic E-state index is 0.462. The summed E-state index contributed by atoms with van der Waals surface area (Å²) in [6.07, 6.45) is 1.62. The van der Waals surface area contributed by atoms with Crippen LogP contribution in [0.1, 0.15) is 30.5 Å². The van der Waals surface area contributed by atoms with Crippen LogP contribution in [0.15, 0.2) is 5.38 Å². The van der Waals surface area contributed by atoms with E-state index in [2.05, 4.69) is 24.1 Å². The number of nitrogens with zero attached hydrogens (tertiary/aromatic N) is 1. The van der Waals surface area contributed by atoms with Gasteiger partial charge in [0.2, 0.25) is 0 Å². The van der Waals surface area contributed by atoms with Crippen LogP contribution in [-0.4, -0.2) is 11.4 Å². The molecule has 1 rings (SSSR count). The summed E-state index contributed by atoms with van der Waals surface area (Å²) in [5, 5.41) is 5.52. The largest absolute Gasteiger partial charge is 0.342 e. The number of rotatable bonds is 4. The molecule has 1 amide bonds. The summed E-state index contributed by atoms with van der Waals surface area (Å²) in [6.45, 7) is 4.68. The number of hydrogen-bond acceptors (Lipinski definition) is 3. The molecule has 3 nitrogen and oxygen atoms in total. The van der Waals surface area contributed by atoms with Crippen molar-refractivity contribution >= 4 is 17.7 Å². The van der Waals surface area contributed by atoms with Gasteiger partial charge in [-0.3, -0.25) is 4.79 Å². The number of nitrogens with one attached hydrogen (secondary N) is 1. The Morgan fingerprint density at radius 3 is 3.00 bits per heavy atom. The summed E-state index contributed by atoms with van der Waals surface area (Å²) < 4.78 is 0. The molecule has 1 heterocycles. The monoisotopic (exact) mass is 183 g/mol. The first-order chi connectivity index (χ1) is 5.74. The molecule has 0 fully saturated rings. The topological polar surface area (TPSA) is 42.0 Å². The molecule has 0 aliphatic heterocycles. The third-order valence-electron chi connectivity index (χ3n) is 1.41. The second kappa shape index (κ2) is 4.21. The molecule has 0 aliphatic rings. The van der Waals surface area contributed by atoms with E-state index in [0.717, 1.165) is 10.7 Å². The van der Waals surface area contributed by atoms with E-state index in [-0.39, 0.29) is 0 Å². The molecule has 0 aliphatic carbocycles. The minimum absolute atomic E-state index is 0.462. The Morgan fingerprint density at radius 2 is 2.50 bits per heavy atom. The quantitative estimate of drug-likeness (QED) is 0.717. The van der Waals surface area contributed by atoms with E-state index < -0.39 is 0 Å². The SMILES string of the molecule is CC(C)c1nc(CN[C]=O)cs1. The van der Waals surface area contributed by atoms with Crippen LogP contribution in [0, 0.1) is 0 Å². The third-order valence-corrected chi connectivity index (χ3v) is 2.60. The zero-order valence-corrected chi connectivity index (χ0v) is 7.94. The average Bonchev–Trinajstić information content (AvgIpc) is 2.48. The molecule has 1 aromatic rings. The Labute approximate surface area is 75.8 Å². The van der Waals surface area contributed by atoms with Gasteiger partial charge in [-0.1, -0.05) is 13.8 Å². The summed E-state index contributed by atoms with van der Waals surface area (Å²) in [5.74, 6) is 0.462. The highest BCUT2D eigenvalue weighted by atomic mass is 32.1. The van der Waals surface area contributed by atoms with Gasteiger partial charge < -0.3 is 5.32 Å². The molecule has 0 bridgehead atoms. The Bertz CT molecular complexity index is 257. The van der Waals surface area contributed by atoms with Crippen LogP contribution < -0.4 is 5.32 Å². The molecular weight excluding hydrogens is 172 g/mol. The fourth-order valence-corrected chi connectivity index (χ4v) is 1.63. The maximum absolute atomic E-state index is 9.86. The zero-order chi connectivity index (χ0) is 8.97. The van der Waals surface area contributed by atoms with Crippen LogP contribution in [0.2, 0.25) is 0 Å². The zero-order valence-electron chi connectivity index (χ0n) is 7.13. The van der Waals surface area contributed by atoms with Crippen molar-refractivity contribution in [2.24, 2.45) is 0 Å². The van der Waals surface area contributed by atoms with Crippen LogP contribution >= 0.6 is 11.3 Å². The molecule has 0 atom stereocenters. The molecule has 0 saturated carbocycles. The molecular formula is C8H11N2OS. The second-order valence-corrected chi connectivity index (χ2v) is 3.68. The summed E-state index contributed by atoms with van der Waals surface area (Å²) in [5.41, 5.74) is 0.909. The molecule has 65 valence electrons. The van der Waals surface area contributed by atoms with Crippen molar-refractivity contribution in [1.29, 1.82) is 0 Å². The predicted octanol–water partition coefficient (Wildman–Crippen LogP) is 1.42. The lowest BCUT2D eigenvalue weighted by molar-refractivity contribution is 0.541. The van der Waals surface area contributed by atoms with Gasteiger partial charge in [0, 0.05) is 11.3 Å². The predicted molar refractivity (Wildman–Crippen MR) is 48.7 cm³/mol. The summed E-state index contributed by atoms with van der Waals surface area (Å²) in [6, 6.07) is 0. The molecule has 1 aromatic heterocycles. The van der Waals surface area contributed by atoms with E-state index in [4.69, 9.17) is 0 Å². The van der Waals surface area contributed by atoms with Gasteiger partial charge in [-0.05, 0) is 0 Å². The lowest BCUT2D eigenvalue weighted by Gasteiger charge is -1.96. The van der Waals surface area contributed by atoms with E-state index >= 15 is 0 Å². The number of thiazole rings is 1. The van der Waals surface area contributed by atoms with E-state index in [1.165, 1.54) is 0 Å². The van der Waals surface area contributed by atoms with Crippen molar-refractivity contribution in [1.82, 2.24) is 10.3 Å². The van der Waals surface area contributed by atoms with Gasteiger partial charge >= 0.3 is 6.41 Å². The van der Waals surface area contributed by atoms with Crippen LogP contribution in [0.5, 0.6) is 0 Å². The molecule has 0 aromatic carbocycles. The lowest BCUT2D eigenvalue weighted by atomic mass is 10.2. The van der Waals surface area contributed by atoms with E-state index in [1.807, 2.05) is 5.38 Å². The van der Waals surface area contributed by atoms with Crippen LogP contribution in [-0.2, 0) is 11.3 Å². The lowest BCUT2D eigenvalue weighted by Crippen LogP contribution is -2.09. The first kappa shape index (κ1) is 9.19. The Balaban J connectivity index is 2.58. The van der Waals surface area contributed by atoms with Crippen LogP contribution in [0.3, 0.4) is 0 Å². The van der Waals surface area contributed by atoms with Gasteiger partial charge in [-0.15, -0.1) is 11.3 Å². The molecule has 1 N–H and O–H groups in total. The molecule has 0 saturated heterocycles. The van der Waals surface area contributed by atoms with Crippen molar-refractivity contribution in [2.45, 2.75) is 26.3 Å². The van der Waals surface area contributed by atoms with Crippen molar-refractivity contribution in [2.75, 3.05) is 0 Å². The standard InChI is InChI=1S/C8H11N2OS/c1-6(2)8-10-7(4-12-8)3-9-5-11/h4,6H,3H2,1-2H3,(H,9,11). The fraction of sp³-hybridized carbons (Fsp3) is 0.500. The highest BCUT2D eigenvalue weighted by molar-refractivity contribution is 7.09. The first-order valence-corrected chi connectivity index (χ1v) is 4.66. The number of aromatic nitrogens is 1. The minimum Gasteiger partial charge on any atom is -0.342 e. The highest BCUT2D eigenvalue weighted by Crippen LogP contribution is 2.18. The fourth-order valence-electron chi connectivity index (χ4n) is 0.796. The smallest absolute Gasteiger partial charge is 0.309 e. The molecule has 12 heavy (non-hydrogen) atoms. The molecule has 1 radical (unpaired) electrons. The van der Waals surface area contributed by atoms with Gasteiger partial charge in [0.25, 0.3) is 0 Å². The normalized spacial score (nSPS) is 10.2. The number of carbonyl (C=O) groups excluding carboxylic acids is 1. The van der Waals surface area contributed by atoms with Crippen LogP contribution in [0.25, 0.3) is 0 Å². The van der Waals surface area contributed by atoms with Gasteiger partial charge in [-0.25, -0.2) is 4.98 Å². The maximum atomic E-state index is 9.86. The maximum Gasteiger partial charge on any atom is 0.309 e. The Kier molecular flexibility index (Phi) is 3.22. The second-order valence-electron chi connectivity index (χ2n) is 2.79. The molecule has 4 heteroatoms. The van der Waals surface area contributed by atoms with Crippen molar-refractivity contribution in [3.8, 4) is 0 Å². The van der Waals surface area contributed by atoms with Gasteiger partial charge in [0.1, 0.15) is 0 Å². The van der Waals surface area contributed by atoms with Gasteiger partial charge in [0.15, 0.2) is 0 Å². The third kappa shape index (κ3) is 2.30. The summed E-state index contributed by atoms with van der Waals surface area (Å²) >= 11 is 1.63. The van der Waals surface area contributed by atoms with Crippen molar-refractivity contribution < 1.29 is 4.79 Å².